The van der Waals surface area contributed by atoms with Gasteiger partial charge in [-0.1, -0.05) is 49.6 Å². The van der Waals surface area contributed by atoms with E-state index in [9.17, 15) is 24.2 Å². The van der Waals surface area contributed by atoms with Gasteiger partial charge in [0.25, 0.3) is 7.52 Å². The second kappa shape index (κ2) is 10.2. The maximum atomic E-state index is 12.2. The zero-order valence-corrected chi connectivity index (χ0v) is 14.3. The van der Waals surface area contributed by atoms with Gasteiger partial charge in [0.05, 0.1) is 6.16 Å². The van der Waals surface area contributed by atoms with Gasteiger partial charge in [-0.25, -0.2) is 5.09 Å². The Morgan fingerprint density at radius 2 is 1.67 bits per heavy atom. The molecular weight excluding hydrogens is 333 g/mol. The topological polar surface area (TPSA) is 124 Å². The van der Waals surface area contributed by atoms with Gasteiger partial charge < -0.3 is 15.1 Å². The Kier molecular flexibility index (Phi) is 8.68. The van der Waals surface area contributed by atoms with Crippen molar-refractivity contribution in [3.05, 3.63) is 35.9 Å². The van der Waals surface area contributed by atoms with Gasteiger partial charge in [0.1, 0.15) is 6.04 Å². The maximum Gasteiger partial charge on any atom is 0.321 e. The normalized spacial score (nSPS) is 14.7. The van der Waals surface area contributed by atoms with Crippen LogP contribution in [-0.4, -0.2) is 33.1 Å². The summed E-state index contributed by atoms with van der Waals surface area (Å²) in [6, 6.07) is 7.63. The highest BCUT2D eigenvalue weighted by molar-refractivity contribution is 7.55. The minimum atomic E-state index is -3.81. The van der Waals surface area contributed by atoms with Crippen LogP contribution in [0.25, 0.3) is 0 Å². The molecule has 1 aromatic carbocycles. The number of rotatable bonds is 12. The second-order valence-corrected chi connectivity index (χ2v) is 7.69. The molecule has 1 aromatic rings. The van der Waals surface area contributed by atoms with Gasteiger partial charge in [0, 0.05) is 6.42 Å². The standard InChI is InChI=1S/C16H24NO6P/c18-15(19)11-7-2-1-6-10-14(16(20)21)17-24(22,23)12-13-8-4-3-5-9-13/h3-5,8-9,14H,1-2,6-7,10-12H2,(H,18,19)(H,20,21)(H2,17,22,23). The van der Waals surface area contributed by atoms with Crippen molar-refractivity contribution < 1.29 is 29.3 Å². The van der Waals surface area contributed by atoms with Crippen LogP contribution < -0.4 is 5.09 Å². The molecule has 134 valence electrons. The number of nitrogens with one attached hydrogen (secondary N) is 1. The lowest BCUT2D eigenvalue weighted by atomic mass is 10.1. The number of benzene rings is 1. The van der Waals surface area contributed by atoms with Gasteiger partial charge in [-0.05, 0) is 18.4 Å². The first-order valence-corrected chi connectivity index (χ1v) is 9.73. The summed E-state index contributed by atoms with van der Waals surface area (Å²) >= 11 is 0. The molecule has 7 nitrogen and oxygen atoms in total. The summed E-state index contributed by atoms with van der Waals surface area (Å²) < 4.78 is 12.2. The van der Waals surface area contributed by atoms with E-state index >= 15 is 0 Å². The van der Waals surface area contributed by atoms with Gasteiger partial charge in [-0.2, -0.15) is 0 Å². The van der Waals surface area contributed by atoms with E-state index in [4.69, 9.17) is 5.11 Å². The van der Waals surface area contributed by atoms with E-state index < -0.39 is 25.5 Å². The number of carboxylic acid groups (broad SMARTS) is 2. The van der Waals surface area contributed by atoms with Gasteiger partial charge in [0.15, 0.2) is 0 Å². The van der Waals surface area contributed by atoms with Gasteiger partial charge in [0.2, 0.25) is 0 Å². The number of hydrogen-bond acceptors (Lipinski definition) is 3. The summed E-state index contributed by atoms with van der Waals surface area (Å²) in [6.45, 7) is 0. The lowest BCUT2D eigenvalue weighted by Gasteiger charge is -2.19. The van der Waals surface area contributed by atoms with E-state index in [2.05, 4.69) is 5.09 Å². The van der Waals surface area contributed by atoms with E-state index in [-0.39, 0.29) is 19.0 Å². The Hall–Kier alpha value is -1.69. The zero-order chi connectivity index (χ0) is 18.0. The molecule has 2 unspecified atom stereocenters. The minimum Gasteiger partial charge on any atom is -0.481 e. The number of hydrogen-bond donors (Lipinski definition) is 4. The van der Waals surface area contributed by atoms with Crippen LogP contribution in [0.3, 0.4) is 0 Å². The molecule has 0 aliphatic rings. The number of carbonyl (C=O) groups is 2. The molecule has 0 heterocycles. The first kappa shape index (κ1) is 20.4. The van der Waals surface area contributed by atoms with Crippen molar-refractivity contribution in [1.29, 1.82) is 0 Å². The van der Waals surface area contributed by atoms with Gasteiger partial charge in [-0.15, -0.1) is 0 Å². The largest absolute Gasteiger partial charge is 0.481 e. The fraction of sp³-hybridized carbons (Fsp3) is 0.500. The lowest BCUT2D eigenvalue weighted by Crippen LogP contribution is -2.34. The molecular formula is C16H24NO6P. The smallest absolute Gasteiger partial charge is 0.321 e. The molecule has 0 aliphatic carbocycles. The highest BCUT2D eigenvalue weighted by Gasteiger charge is 2.27. The van der Waals surface area contributed by atoms with Crippen LogP contribution in [0, 0.1) is 0 Å². The summed E-state index contributed by atoms with van der Waals surface area (Å²) in [5, 5.41) is 20.1. The molecule has 0 radical (unpaired) electrons. The van der Waals surface area contributed by atoms with Crippen LogP contribution in [0.4, 0.5) is 0 Å². The molecule has 1 rings (SSSR count). The van der Waals surface area contributed by atoms with E-state index in [1.54, 1.807) is 30.3 Å². The van der Waals surface area contributed by atoms with Crippen LogP contribution in [0.2, 0.25) is 0 Å². The van der Waals surface area contributed by atoms with Crippen molar-refractivity contribution in [3.8, 4) is 0 Å². The summed E-state index contributed by atoms with van der Waals surface area (Å²) in [4.78, 5) is 31.7. The van der Waals surface area contributed by atoms with Crippen LogP contribution in [0.15, 0.2) is 30.3 Å². The molecule has 0 fully saturated rings. The minimum absolute atomic E-state index is 0.101. The summed E-state index contributed by atoms with van der Waals surface area (Å²) in [5.74, 6) is -2.01. The molecule has 0 aromatic heterocycles. The monoisotopic (exact) mass is 357 g/mol. The SMILES string of the molecule is O=C(O)CCCCCCC(NP(=O)(O)Cc1ccccc1)C(=O)O. The van der Waals surface area contributed by atoms with Crippen molar-refractivity contribution in [2.75, 3.05) is 0 Å². The Bertz CT molecular complexity index is 577. The Labute approximate surface area is 141 Å². The Morgan fingerprint density at radius 3 is 2.25 bits per heavy atom. The van der Waals surface area contributed by atoms with Crippen LogP contribution in [0.1, 0.15) is 44.1 Å². The summed E-state index contributed by atoms with van der Waals surface area (Å²) in [5.41, 5.74) is 0.661. The predicted molar refractivity (Wildman–Crippen MR) is 89.9 cm³/mol. The zero-order valence-electron chi connectivity index (χ0n) is 13.4. The molecule has 0 saturated carbocycles. The number of carboxylic acids is 2. The first-order valence-electron chi connectivity index (χ1n) is 7.88. The third-order valence-electron chi connectivity index (χ3n) is 3.53. The molecule has 4 N–H and O–H groups in total. The van der Waals surface area contributed by atoms with E-state index in [1.165, 1.54) is 0 Å². The van der Waals surface area contributed by atoms with Gasteiger partial charge >= 0.3 is 11.9 Å². The van der Waals surface area contributed by atoms with Crippen LogP contribution >= 0.6 is 7.52 Å². The highest BCUT2D eigenvalue weighted by Crippen LogP contribution is 2.40. The van der Waals surface area contributed by atoms with E-state index in [0.29, 0.717) is 31.2 Å². The molecule has 0 spiro atoms. The quantitative estimate of drug-likeness (QED) is 0.335. The Morgan fingerprint density at radius 1 is 1.04 bits per heavy atom. The average Bonchev–Trinajstić information content (AvgIpc) is 2.49. The van der Waals surface area contributed by atoms with E-state index in [0.717, 1.165) is 0 Å². The first-order chi connectivity index (χ1) is 11.3. The number of aliphatic carboxylic acids is 2. The van der Waals surface area contributed by atoms with Crippen molar-refractivity contribution in [2.45, 2.75) is 50.7 Å². The fourth-order valence-electron chi connectivity index (χ4n) is 2.34. The lowest BCUT2D eigenvalue weighted by molar-refractivity contribution is -0.139. The number of unbranched alkanes of at least 4 members (excludes halogenated alkanes) is 3. The van der Waals surface area contributed by atoms with E-state index in [1.807, 2.05) is 0 Å². The molecule has 0 saturated heterocycles. The maximum absolute atomic E-state index is 12.2. The summed E-state index contributed by atoms with van der Waals surface area (Å²) in [6.07, 6.45) is 2.68. The third kappa shape index (κ3) is 8.82. The molecule has 0 amide bonds. The third-order valence-corrected chi connectivity index (χ3v) is 5.04. The molecule has 8 heteroatoms. The van der Waals surface area contributed by atoms with Crippen LogP contribution in [0.5, 0.6) is 0 Å². The van der Waals surface area contributed by atoms with Crippen molar-refractivity contribution in [1.82, 2.24) is 5.09 Å². The molecule has 24 heavy (non-hydrogen) atoms. The highest BCUT2D eigenvalue weighted by atomic mass is 31.2. The molecule has 0 aliphatic heterocycles. The average molecular weight is 357 g/mol. The van der Waals surface area contributed by atoms with Crippen molar-refractivity contribution in [3.63, 3.8) is 0 Å². The molecule has 2 atom stereocenters. The second-order valence-electron chi connectivity index (χ2n) is 5.71. The van der Waals surface area contributed by atoms with Crippen molar-refractivity contribution in [2.24, 2.45) is 0 Å². The van der Waals surface area contributed by atoms with Crippen molar-refractivity contribution >= 4 is 19.5 Å². The predicted octanol–water partition coefficient (Wildman–Crippen LogP) is 2.84. The fourth-order valence-corrected chi connectivity index (χ4v) is 3.87. The summed E-state index contributed by atoms with van der Waals surface area (Å²) in [7, 11) is -3.81. The Balaban J connectivity index is 2.42. The van der Waals surface area contributed by atoms with Crippen LogP contribution in [-0.2, 0) is 20.3 Å². The molecule has 0 bridgehead atoms. The van der Waals surface area contributed by atoms with Gasteiger partial charge in [-0.3, -0.25) is 14.2 Å².